The fraction of sp³-hybridized carbons (Fsp3) is 0.692. The van der Waals surface area contributed by atoms with E-state index in [1.54, 1.807) is 0 Å². The maximum Gasteiger partial charge on any atom is 0.323 e. The molecule has 0 aliphatic carbocycles. The molecule has 6 heteroatoms. The van der Waals surface area contributed by atoms with Crippen molar-refractivity contribution in [2.45, 2.75) is 38.3 Å². The average Bonchev–Trinajstić information content (AvgIpc) is 2.43. The van der Waals surface area contributed by atoms with Crippen LogP contribution in [0.5, 0.6) is 0 Å². The minimum absolute atomic E-state index is 0.149. The number of amides is 1. The molecule has 19 heavy (non-hydrogen) atoms. The number of rotatable bonds is 8. The van der Waals surface area contributed by atoms with Crippen LogP contribution < -0.4 is 11.1 Å². The molecule has 3 N–H and O–H groups in total. The summed E-state index contributed by atoms with van der Waals surface area (Å²) in [5, 5.41) is 2.84. The lowest BCUT2D eigenvalue weighted by atomic mass is 9.94. The van der Waals surface area contributed by atoms with Crippen molar-refractivity contribution in [3.05, 3.63) is 0 Å². The van der Waals surface area contributed by atoms with Crippen LogP contribution in [0.15, 0.2) is 0 Å². The van der Waals surface area contributed by atoms with Crippen LogP contribution >= 0.6 is 11.8 Å². The van der Waals surface area contributed by atoms with Crippen LogP contribution in [0.1, 0.15) is 26.7 Å². The Kier molecular flexibility index (Phi) is 8.28. The lowest BCUT2D eigenvalue weighted by Gasteiger charge is -2.27. The van der Waals surface area contributed by atoms with Crippen LogP contribution in [-0.2, 0) is 14.3 Å². The van der Waals surface area contributed by atoms with Crippen LogP contribution in [0, 0.1) is 12.3 Å². The molecule has 0 spiro atoms. The number of nitrogens with two attached hydrogens (primary N) is 1. The number of esters is 1. The van der Waals surface area contributed by atoms with Gasteiger partial charge in [-0.2, -0.15) is 0 Å². The third kappa shape index (κ3) is 5.99. The summed E-state index contributed by atoms with van der Waals surface area (Å²) in [6, 6.07) is -0.711. The lowest BCUT2D eigenvalue weighted by Crippen LogP contribution is -2.47. The van der Waals surface area contributed by atoms with Gasteiger partial charge in [0.1, 0.15) is 11.6 Å². The summed E-state index contributed by atoms with van der Waals surface area (Å²) in [5.74, 6) is 2.56. The second-order valence-corrected chi connectivity index (χ2v) is 5.16. The first-order chi connectivity index (χ1) is 8.94. The Morgan fingerprint density at radius 3 is 2.47 bits per heavy atom. The van der Waals surface area contributed by atoms with E-state index in [1.165, 1.54) is 18.9 Å². The number of hydrogen-bond acceptors (Lipinski definition) is 5. The Balaban J connectivity index is 4.13. The van der Waals surface area contributed by atoms with E-state index in [2.05, 4.69) is 16.0 Å². The van der Waals surface area contributed by atoms with Gasteiger partial charge in [0.05, 0.1) is 12.9 Å². The van der Waals surface area contributed by atoms with Gasteiger partial charge in [-0.1, -0.05) is 19.8 Å². The summed E-state index contributed by atoms with van der Waals surface area (Å²) < 4.78 is 4.50. The van der Waals surface area contributed by atoms with Crippen molar-refractivity contribution < 1.29 is 14.3 Å². The number of thioether (sulfide) groups is 1. The maximum atomic E-state index is 11.8. The first kappa shape index (κ1) is 17.8. The normalized spacial score (nSPS) is 12.4. The number of hydrogen-bond donors (Lipinski definition) is 2. The van der Waals surface area contributed by atoms with Crippen molar-refractivity contribution in [3.8, 4) is 12.3 Å². The molecular weight excluding hydrogens is 264 g/mol. The van der Waals surface area contributed by atoms with Crippen molar-refractivity contribution in [3.63, 3.8) is 0 Å². The Bertz CT molecular complexity index is 348. The molecule has 0 aliphatic heterocycles. The zero-order valence-electron chi connectivity index (χ0n) is 11.7. The van der Waals surface area contributed by atoms with Gasteiger partial charge in [-0.3, -0.25) is 9.59 Å². The summed E-state index contributed by atoms with van der Waals surface area (Å²) in [7, 11) is 1.28. The molecule has 0 aromatic rings. The predicted octanol–water partition coefficient (Wildman–Crippen LogP) is 0.528. The van der Waals surface area contributed by atoms with E-state index in [0.29, 0.717) is 18.6 Å². The standard InChI is InChI=1S/C13H22N2O3S/c1-5-13(6-2,7-3)15-11(16)9-19-8-10(14)12(17)18-4/h1,10H,6-9,14H2,2-4H3,(H,15,16). The molecule has 0 radical (unpaired) electrons. The molecule has 5 nitrogen and oxygen atoms in total. The SMILES string of the molecule is C#CC(CC)(CC)NC(=O)CSCC(N)C(=O)OC. The minimum Gasteiger partial charge on any atom is -0.468 e. The van der Waals surface area contributed by atoms with Gasteiger partial charge in [0.2, 0.25) is 5.91 Å². The molecule has 0 aliphatic rings. The van der Waals surface area contributed by atoms with Gasteiger partial charge in [-0.25, -0.2) is 0 Å². The van der Waals surface area contributed by atoms with Crippen LogP contribution in [0.2, 0.25) is 0 Å². The highest BCUT2D eigenvalue weighted by Crippen LogP contribution is 2.14. The summed E-state index contributed by atoms with van der Waals surface area (Å²) in [6.07, 6.45) is 6.82. The van der Waals surface area contributed by atoms with Crippen molar-refractivity contribution >= 4 is 23.6 Å². The zero-order valence-corrected chi connectivity index (χ0v) is 12.5. The molecule has 0 saturated carbocycles. The largest absolute Gasteiger partial charge is 0.468 e. The molecule has 0 aromatic heterocycles. The second-order valence-electron chi connectivity index (χ2n) is 4.13. The van der Waals surface area contributed by atoms with Crippen molar-refractivity contribution in [2.75, 3.05) is 18.6 Å². The number of methoxy groups -OCH3 is 1. The Morgan fingerprint density at radius 1 is 1.47 bits per heavy atom. The van der Waals surface area contributed by atoms with Gasteiger partial charge in [-0.05, 0) is 12.8 Å². The molecule has 0 heterocycles. The van der Waals surface area contributed by atoms with Gasteiger partial charge in [-0.15, -0.1) is 18.2 Å². The Morgan fingerprint density at radius 2 is 2.05 bits per heavy atom. The zero-order chi connectivity index (χ0) is 14.9. The average molecular weight is 286 g/mol. The number of carbonyl (C=O) groups is 2. The molecule has 1 unspecified atom stereocenters. The third-order valence-electron chi connectivity index (χ3n) is 2.90. The van der Waals surface area contributed by atoms with E-state index in [4.69, 9.17) is 12.2 Å². The molecule has 108 valence electrons. The number of nitrogens with one attached hydrogen (secondary N) is 1. The summed E-state index contributed by atoms with van der Waals surface area (Å²) in [5.41, 5.74) is 4.98. The minimum atomic E-state index is -0.711. The summed E-state index contributed by atoms with van der Waals surface area (Å²) in [6.45, 7) is 3.87. The van der Waals surface area contributed by atoms with E-state index in [-0.39, 0.29) is 11.7 Å². The molecular formula is C13H22N2O3S. The smallest absolute Gasteiger partial charge is 0.323 e. The molecule has 1 amide bonds. The van der Waals surface area contributed by atoms with E-state index in [9.17, 15) is 9.59 Å². The van der Waals surface area contributed by atoms with Gasteiger partial charge < -0.3 is 15.8 Å². The molecule has 0 aromatic carbocycles. The Hall–Kier alpha value is -1.19. The summed E-state index contributed by atoms with van der Waals surface area (Å²) >= 11 is 1.28. The molecule has 1 atom stereocenters. The summed E-state index contributed by atoms with van der Waals surface area (Å²) in [4.78, 5) is 22.8. The van der Waals surface area contributed by atoms with E-state index in [1.807, 2.05) is 13.8 Å². The molecule has 0 rings (SSSR count). The van der Waals surface area contributed by atoms with Crippen molar-refractivity contribution in [1.82, 2.24) is 5.32 Å². The second kappa shape index (κ2) is 8.83. The van der Waals surface area contributed by atoms with E-state index in [0.717, 1.165) is 0 Å². The fourth-order valence-corrected chi connectivity index (χ4v) is 2.23. The van der Waals surface area contributed by atoms with Crippen molar-refractivity contribution in [2.24, 2.45) is 5.73 Å². The highest BCUT2D eigenvalue weighted by atomic mass is 32.2. The monoisotopic (exact) mass is 286 g/mol. The fourth-order valence-electron chi connectivity index (χ4n) is 1.47. The van der Waals surface area contributed by atoms with E-state index < -0.39 is 17.6 Å². The lowest BCUT2D eigenvalue weighted by molar-refractivity contribution is -0.141. The molecule has 0 fully saturated rings. The van der Waals surface area contributed by atoms with Crippen molar-refractivity contribution in [1.29, 1.82) is 0 Å². The molecule has 0 bridgehead atoms. The maximum absolute atomic E-state index is 11.8. The highest BCUT2D eigenvalue weighted by Gasteiger charge is 2.25. The van der Waals surface area contributed by atoms with Gasteiger partial charge >= 0.3 is 5.97 Å². The van der Waals surface area contributed by atoms with Gasteiger partial charge in [0.15, 0.2) is 0 Å². The quantitative estimate of drug-likeness (QED) is 0.502. The highest BCUT2D eigenvalue weighted by molar-refractivity contribution is 8.00. The van der Waals surface area contributed by atoms with Crippen LogP contribution in [-0.4, -0.2) is 42.1 Å². The first-order valence-corrected chi connectivity index (χ1v) is 7.30. The number of ether oxygens (including phenoxy) is 1. The molecule has 0 saturated heterocycles. The first-order valence-electron chi connectivity index (χ1n) is 6.14. The van der Waals surface area contributed by atoms with Gasteiger partial charge in [0, 0.05) is 5.75 Å². The van der Waals surface area contributed by atoms with Crippen LogP contribution in [0.3, 0.4) is 0 Å². The predicted molar refractivity (Wildman–Crippen MR) is 77.6 cm³/mol. The van der Waals surface area contributed by atoms with Gasteiger partial charge in [0.25, 0.3) is 0 Å². The third-order valence-corrected chi connectivity index (χ3v) is 3.96. The van der Waals surface area contributed by atoms with Crippen LogP contribution in [0.4, 0.5) is 0 Å². The number of carbonyl (C=O) groups excluding carboxylic acids is 2. The number of terminal acetylenes is 1. The van der Waals surface area contributed by atoms with Crippen LogP contribution in [0.25, 0.3) is 0 Å². The topological polar surface area (TPSA) is 81.4 Å². The Labute approximate surface area is 119 Å². The van der Waals surface area contributed by atoms with E-state index >= 15 is 0 Å².